The molecule has 1 unspecified atom stereocenters. The second kappa shape index (κ2) is 6.85. The number of hydrogen-bond acceptors (Lipinski definition) is 3. The molecule has 1 atom stereocenters. The molecule has 0 bridgehead atoms. The van der Waals surface area contributed by atoms with E-state index in [0.29, 0.717) is 31.7 Å². The number of amides is 2. The molecular formula is C14H18BrN3O2. The number of benzene rings is 1. The second-order valence-corrected chi connectivity index (χ2v) is 5.45. The minimum atomic E-state index is -0.455. The van der Waals surface area contributed by atoms with Gasteiger partial charge in [-0.2, -0.15) is 0 Å². The van der Waals surface area contributed by atoms with Crippen LogP contribution in [0.15, 0.2) is 28.7 Å². The summed E-state index contributed by atoms with van der Waals surface area (Å²) in [7, 11) is 0. The van der Waals surface area contributed by atoms with Crippen LogP contribution < -0.4 is 10.6 Å². The van der Waals surface area contributed by atoms with Gasteiger partial charge in [0.1, 0.15) is 6.04 Å². The van der Waals surface area contributed by atoms with Gasteiger partial charge in [-0.1, -0.05) is 12.1 Å². The smallest absolute Gasteiger partial charge is 0.255 e. The first kappa shape index (κ1) is 15.0. The van der Waals surface area contributed by atoms with Gasteiger partial charge in [0.15, 0.2) is 0 Å². The number of carbonyl (C=O) groups is 2. The fourth-order valence-electron chi connectivity index (χ4n) is 2.26. The van der Waals surface area contributed by atoms with Crippen molar-refractivity contribution in [2.45, 2.75) is 13.0 Å². The zero-order valence-corrected chi connectivity index (χ0v) is 12.9. The van der Waals surface area contributed by atoms with Gasteiger partial charge < -0.3 is 15.5 Å². The van der Waals surface area contributed by atoms with Gasteiger partial charge in [0.25, 0.3) is 5.91 Å². The van der Waals surface area contributed by atoms with Gasteiger partial charge in [0, 0.05) is 30.7 Å². The number of nitrogens with zero attached hydrogens (tertiary/aromatic N) is 1. The van der Waals surface area contributed by atoms with Gasteiger partial charge in [-0.05, 0) is 35.0 Å². The summed E-state index contributed by atoms with van der Waals surface area (Å²) in [6, 6.07) is 6.82. The predicted octanol–water partition coefficient (Wildman–Crippen LogP) is 0.999. The lowest BCUT2D eigenvalue weighted by Crippen LogP contribution is -2.59. The van der Waals surface area contributed by atoms with Crippen LogP contribution in [0.3, 0.4) is 0 Å². The van der Waals surface area contributed by atoms with Crippen LogP contribution in [0.2, 0.25) is 0 Å². The van der Waals surface area contributed by atoms with Crippen LogP contribution in [0.4, 0.5) is 0 Å². The van der Waals surface area contributed by atoms with Crippen molar-refractivity contribution >= 4 is 27.7 Å². The fraction of sp³-hybridized carbons (Fsp3) is 0.429. The maximum atomic E-state index is 12.6. The van der Waals surface area contributed by atoms with Gasteiger partial charge in [-0.25, -0.2) is 0 Å². The number of likely N-dealkylation sites (N-methyl/N-ethyl adjacent to an activating group) is 1. The molecule has 0 aromatic heterocycles. The molecule has 0 radical (unpaired) electrons. The monoisotopic (exact) mass is 339 g/mol. The Morgan fingerprint density at radius 2 is 2.20 bits per heavy atom. The quantitative estimate of drug-likeness (QED) is 0.863. The molecule has 0 spiro atoms. The Balaban J connectivity index is 2.22. The van der Waals surface area contributed by atoms with Crippen molar-refractivity contribution in [2.24, 2.45) is 0 Å². The van der Waals surface area contributed by atoms with E-state index >= 15 is 0 Å². The Morgan fingerprint density at radius 3 is 2.90 bits per heavy atom. The molecule has 1 aromatic carbocycles. The lowest BCUT2D eigenvalue weighted by Gasteiger charge is -2.35. The summed E-state index contributed by atoms with van der Waals surface area (Å²) in [6.45, 7) is 4.15. The highest BCUT2D eigenvalue weighted by Crippen LogP contribution is 2.19. The third-order valence-electron chi connectivity index (χ3n) is 3.26. The first-order valence-electron chi connectivity index (χ1n) is 6.69. The van der Waals surface area contributed by atoms with E-state index in [9.17, 15) is 9.59 Å². The highest BCUT2D eigenvalue weighted by atomic mass is 79.9. The highest BCUT2D eigenvalue weighted by molar-refractivity contribution is 9.10. The minimum absolute atomic E-state index is 0.111. The summed E-state index contributed by atoms with van der Waals surface area (Å²) >= 11 is 3.39. The first-order chi connectivity index (χ1) is 9.65. The zero-order chi connectivity index (χ0) is 14.5. The number of nitrogens with one attached hydrogen (secondary N) is 2. The molecule has 20 heavy (non-hydrogen) atoms. The summed E-state index contributed by atoms with van der Waals surface area (Å²) in [6.07, 6.45) is 0. The van der Waals surface area contributed by atoms with Crippen LogP contribution in [0.1, 0.15) is 17.3 Å². The number of hydrogen-bond donors (Lipinski definition) is 2. The molecule has 1 fully saturated rings. The highest BCUT2D eigenvalue weighted by Gasteiger charge is 2.32. The molecule has 0 aliphatic carbocycles. The molecule has 108 valence electrons. The molecule has 6 heteroatoms. The molecule has 1 aromatic rings. The van der Waals surface area contributed by atoms with Crippen molar-refractivity contribution in [3.63, 3.8) is 0 Å². The van der Waals surface area contributed by atoms with E-state index in [1.165, 1.54) is 0 Å². The predicted molar refractivity (Wildman–Crippen MR) is 80.5 cm³/mol. The topological polar surface area (TPSA) is 61.4 Å². The Bertz CT molecular complexity index is 507. The average molecular weight is 340 g/mol. The zero-order valence-electron chi connectivity index (χ0n) is 11.4. The molecule has 1 aliphatic rings. The minimum Gasteiger partial charge on any atom is -0.355 e. The van der Waals surface area contributed by atoms with Crippen molar-refractivity contribution in [1.82, 2.24) is 15.5 Å². The van der Waals surface area contributed by atoms with E-state index in [2.05, 4.69) is 26.6 Å². The van der Waals surface area contributed by atoms with Crippen molar-refractivity contribution in [3.05, 3.63) is 34.3 Å². The van der Waals surface area contributed by atoms with Crippen LogP contribution in [-0.4, -0.2) is 48.9 Å². The van der Waals surface area contributed by atoms with Crippen LogP contribution >= 0.6 is 15.9 Å². The summed E-state index contributed by atoms with van der Waals surface area (Å²) in [5, 5.41) is 5.94. The summed E-state index contributed by atoms with van der Waals surface area (Å²) in [4.78, 5) is 26.3. The third kappa shape index (κ3) is 3.19. The van der Waals surface area contributed by atoms with Crippen molar-refractivity contribution < 1.29 is 9.59 Å². The van der Waals surface area contributed by atoms with E-state index in [0.717, 1.165) is 4.47 Å². The van der Waals surface area contributed by atoms with Crippen LogP contribution in [0.5, 0.6) is 0 Å². The Labute approximate surface area is 126 Å². The average Bonchev–Trinajstić information content (AvgIpc) is 2.47. The SMILES string of the molecule is CCNC(=O)C1CNCCN1C(=O)c1ccccc1Br. The molecule has 2 rings (SSSR count). The fourth-order valence-corrected chi connectivity index (χ4v) is 2.72. The lowest BCUT2D eigenvalue weighted by molar-refractivity contribution is -0.126. The van der Waals surface area contributed by atoms with Gasteiger partial charge in [0.05, 0.1) is 5.56 Å². The summed E-state index contributed by atoms with van der Waals surface area (Å²) in [5.41, 5.74) is 0.587. The van der Waals surface area contributed by atoms with E-state index in [-0.39, 0.29) is 11.8 Å². The summed E-state index contributed by atoms with van der Waals surface area (Å²) < 4.78 is 0.748. The number of piperazine rings is 1. The first-order valence-corrected chi connectivity index (χ1v) is 7.48. The second-order valence-electron chi connectivity index (χ2n) is 4.59. The largest absolute Gasteiger partial charge is 0.355 e. The molecule has 2 amide bonds. The normalized spacial score (nSPS) is 18.7. The van der Waals surface area contributed by atoms with Crippen LogP contribution in [0, 0.1) is 0 Å². The van der Waals surface area contributed by atoms with Gasteiger partial charge in [-0.15, -0.1) is 0 Å². The molecule has 2 N–H and O–H groups in total. The van der Waals surface area contributed by atoms with Gasteiger partial charge >= 0.3 is 0 Å². The standard InChI is InChI=1S/C14H18BrN3O2/c1-2-17-13(19)12-9-16-7-8-18(12)14(20)10-5-3-4-6-11(10)15/h3-6,12,16H,2,7-9H2,1H3,(H,17,19). The van der Waals surface area contributed by atoms with Crippen LogP contribution in [-0.2, 0) is 4.79 Å². The molecule has 1 aliphatic heterocycles. The maximum Gasteiger partial charge on any atom is 0.255 e. The number of carbonyl (C=O) groups excluding carboxylic acids is 2. The Hall–Kier alpha value is -1.40. The Morgan fingerprint density at radius 1 is 1.45 bits per heavy atom. The summed E-state index contributed by atoms with van der Waals surface area (Å²) in [5.74, 6) is -0.227. The van der Waals surface area contributed by atoms with Crippen molar-refractivity contribution in [3.8, 4) is 0 Å². The molecule has 0 saturated carbocycles. The van der Waals surface area contributed by atoms with Crippen molar-refractivity contribution in [1.29, 1.82) is 0 Å². The van der Waals surface area contributed by atoms with Gasteiger partial charge in [-0.3, -0.25) is 9.59 Å². The van der Waals surface area contributed by atoms with Gasteiger partial charge in [0.2, 0.25) is 5.91 Å². The van der Waals surface area contributed by atoms with E-state index in [1.807, 2.05) is 25.1 Å². The number of rotatable bonds is 3. The van der Waals surface area contributed by atoms with E-state index < -0.39 is 6.04 Å². The van der Waals surface area contributed by atoms with Crippen molar-refractivity contribution in [2.75, 3.05) is 26.2 Å². The molecule has 5 nitrogen and oxygen atoms in total. The molecule has 1 heterocycles. The van der Waals surface area contributed by atoms with E-state index in [1.54, 1.807) is 11.0 Å². The molecular weight excluding hydrogens is 322 g/mol. The maximum absolute atomic E-state index is 12.6. The third-order valence-corrected chi connectivity index (χ3v) is 3.95. The number of halogens is 1. The van der Waals surface area contributed by atoms with Crippen LogP contribution in [0.25, 0.3) is 0 Å². The molecule has 1 saturated heterocycles. The van der Waals surface area contributed by atoms with E-state index in [4.69, 9.17) is 0 Å². The lowest BCUT2D eigenvalue weighted by atomic mass is 10.1. The Kier molecular flexibility index (Phi) is 5.14.